The van der Waals surface area contributed by atoms with Crippen LogP contribution in [0.4, 0.5) is 5.69 Å². The maximum atomic E-state index is 5.92. The molecule has 88 valence electrons. The molecule has 1 rings (SSSR count). The smallest absolute Gasteiger partial charge is 0.210 e. The molecule has 0 aliphatic heterocycles. The number of hydrogen-bond donors (Lipinski definition) is 3. The van der Waals surface area contributed by atoms with Crippen molar-refractivity contribution in [2.24, 2.45) is 10.8 Å². The van der Waals surface area contributed by atoms with Crippen LogP contribution in [0.1, 0.15) is 18.9 Å². The first-order chi connectivity index (χ1) is 7.67. The fourth-order valence-electron chi connectivity index (χ4n) is 1.20. The minimum Gasteiger partial charge on any atom is -0.325 e. The van der Waals surface area contributed by atoms with Crippen LogP contribution in [0.2, 0.25) is 5.02 Å². The molecule has 5 heteroatoms. The zero-order valence-electron chi connectivity index (χ0n) is 9.55. The Bertz CT molecular complexity index is 376. The number of guanidine groups is 1. The number of nitrogens with two attached hydrogens (primary N) is 1. The average molecular weight is 241 g/mol. The van der Waals surface area contributed by atoms with E-state index in [2.05, 4.69) is 22.7 Å². The van der Waals surface area contributed by atoms with Crippen LogP contribution in [0.25, 0.3) is 0 Å². The highest BCUT2D eigenvalue weighted by molar-refractivity contribution is 6.31. The van der Waals surface area contributed by atoms with Crippen LogP contribution in [0.3, 0.4) is 0 Å². The summed E-state index contributed by atoms with van der Waals surface area (Å²) in [4.78, 5) is 4.25. The van der Waals surface area contributed by atoms with Crippen LogP contribution in [-0.4, -0.2) is 12.5 Å². The number of hydrazine groups is 1. The summed E-state index contributed by atoms with van der Waals surface area (Å²) >= 11 is 5.92. The third-order valence-corrected chi connectivity index (χ3v) is 2.32. The minimum atomic E-state index is 0.548. The number of benzene rings is 1. The maximum absolute atomic E-state index is 5.92. The summed E-state index contributed by atoms with van der Waals surface area (Å²) in [7, 11) is 0. The van der Waals surface area contributed by atoms with E-state index in [-0.39, 0.29) is 0 Å². The van der Waals surface area contributed by atoms with Crippen LogP contribution in [-0.2, 0) is 0 Å². The fourth-order valence-corrected chi connectivity index (χ4v) is 1.37. The lowest BCUT2D eigenvalue weighted by Crippen LogP contribution is -2.36. The van der Waals surface area contributed by atoms with E-state index < -0.39 is 0 Å². The molecule has 4 N–H and O–H groups in total. The van der Waals surface area contributed by atoms with Gasteiger partial charge in [-0.05, 0) is 31.0 Å². The maximum Gasteiger partial charge on any atom is 0.210 e. The van der Waals surface area contributed by atoms with Crippen molar-refractivity contribution in [3.05, 3.63) is 28.8 Å². The van der Waals surface area contributed by atoms with E-state index >= 15 is 0 Å². The number of aryl methyl sites for hydroxylation is 1. The molecule has 1 aromatic rings. The molecule has 0 bridgehead atoms. The molecular formula is C11H17ClN4. The lowest BCUT2D eigenvalue weighted by molar-refractivity contribution is 0.905. The molecule has 0 heterocycles. The van der Waals surface area contributed by atoms with Crippen molar-refractivity contribution >= 4 is 23.2 Å². The predicted octanol–water partition coefficient (Wildman–Crippen LogP) is 2.29. The Hall–Kier alpha value is -1.26. The summed E-state index contributed by atoms with van der Waals surface area (Å²) in [5, 5.41) is 3.78. The molecule has 0 radical (unpaired) electrons. The second-order valence-corrected chi connectivity index (χ2v) is 3.90. The van der Waals surface area contributed by atoms with Gasteiger partial charge in [0.25, 0.3) is 0 Å². The molecular weight excluding hydrogens is 224 g/mol. The molecule has 0 aliphatic carbocycles. The summed E-state index contributed by atoms with van der Waals surface area (Å²) in [5.41, 5.74) is 4.52. The van der Waals surface area contributed by atoms with E-state index in [0.717, 1.165) is 24.2 Å². The van der Waals surface area contributed by atoms with Crippen LogP contribution < -0.4 is 16.6 Å². The Labute approximate surface area is 101 Å². The summed E-state index contributed by atoms with van der Waals surface area (Å²) < 4.78 is 0. The van der Waals surface area contributed by atoms with Gasteiger partial charge in [0, 0.05) is 17.3 Å². The van der Waals surface area contributed by atoms with E-state index in [1.807, 2.05) is 25.1 Å². The first-order valence-corrected chi connectivity index (χ1v) is 5.59. The number of hydrogen-bond acceptors (Lipinski definition) is 2. The largest absolute Gasteiger partial charge is 0.325 e. The predicted molar refractivity (Wildman–Crippen MR) is 69.7 cm³/mol. The number of nitrogens with one attached hydrogen (secondary N) is 2. The Balaban J connectivity index is 2.81. The summed E-state index contributed by atoms with van der Waals surface area (Å²) in [5.74, 6) is 5.92. The van der Waals surface area contributed by atoms with Crippen LogP contribution >= 0.6 is 11.6 Å². The van der Waals surface area contributed by atoms with Crippen molar-refractivity contribution in [2.45, 2.75) is 20.3 Å². The van der Waals surface area contributed by atoms with Gasteiger partial charge in [-0.1, -0.05) is 24.6 Å². The van der Waals surface area contributed by atoms with Gasteiger partial charge in [0.15, 0.2) is 0 Å². The van der Waals surface area contributed by atoms with Crippen LogP contribution in [0.5, 0.6) is 0 Å². The number of nitrogens with zero attached hydrogens (tertiary/aromatic N) is 1. The highest BCUT2D eigenvalue weighted by Gasteiger charge is 2.02. The molecule has 4 nitrogen and oxygen atoms in total. The van der Waals surface area contributed by atoms with Gasteiger partial charge >= 0.3 is 0 Å². The van der Waals surface area contributed by atoms with Gasteiger partial charge in [-0.15, -0.1) is 0 Å². The van der Waals surface area contributed by atoms with Crippen LogP contribution in [0, 0.1) is 6.92 Å². The Morgan fingerprint density at radius 3 is 2.88 bits per heavy atom. The van der Waals surface area contributed by atoms with Crippen molar-refractivity contribution in [1.82, 2.24) is 5.43 Å². The standard InChI is InChI=1S/C11H17ClN4/c1-3-6-14-11(16-13)15-10-7-9(12)5-4-8(10)2/h4-5,7H,3,6,13H2,1-2H3,(H2,14,15,16). The zero-order chi connectivity index (χ0) is 12.0. The van der Waals surface area contributed by atoms with E-state index in [9.17, 15) is 0 Å². The third-order valence-electron chi connectivity index (χ3n) is 2.08. The van der Waals surface area contributed by atoms with Gasteiger partial charge in [-0.25, -0.2) is 5.84 Å². The molecule has 0 spiro atoms. The third kappa shape index (κ3) is 3.72. The zero-order valence-corrected chi connectivity index (χ0v) is 10.3. The Morgan fingerprint density at radius 1 is 1.50 bits per heavy atom. The fraction of sp³-hybridized carbons (Fsp3) is 0.364. The molecule has 16 heavy (non-hydrogen) atoms. The summed E-state index contributed by atoms with van der Waals surface area (Å²) in [6.45, 7) is 4.78. The second-order valence-electron chi connectivity index (χ2n) is 3.46. The van der Waals surface area contributed by atoms with E-state index in [0.29, 0.717) is 11.0 Å². The van der Waals surface area contributed by atoms with E-state index in [1.54, 1.807) is 0 Å². The van der Waals surface area contributed by atoms with Gasteiger partial charge in [0.2, 0.25) is 5.96 Å². The Kier molecular flexibility index (Phi) is 5.08. The number of anilines is 1. The lowest BCUT2D eigenvalue weighted by Gasteiger charge is -2.11. The number of rotatable bonds is 3. The molecule has 0 saturated heterocycles. The molecule has 0 atom stereocenters. The molecule has 0 saturated carbocycles. The summed E-state index contributed by atoms with van der Waals surface area (Å²) in [6.07, 6.45) is 0.974. The number of halogens is 1. The van der Waals surface area contributed by atoms with Crippen molar-refractivity contribution in [3.8, 4) is 0 Å². The normalized spacial score (nSPS) is 11.4. The molecule has 0 aromatic heterocycles. The van der Waals surface area contributed by atoms with Crippen molar-refractivity contribution < 1.29 is 0 Å². The number of aliphatic imine (C=N–C) groups is 1. The summed E-state index contributed by atoms with van der Waals surface area (Å²) in [6, 6.07) is 5.63. The van der Waals surface area contributed by atoms with Crippen LogP contribution in [0.15, 0.2) is 23.2 Å². The minimum absolute atomic E-state index is 0.548. The average Bonchev–Trinajstić information content (AvgIpc) is 2.28. The molecule has 0 fully saturated rings. The molecule has 0 amide bonds. The van der Waals surface area contributed by atoms with E-state index in [1.165, 1.54) is 0 Å². The molecule has 1 aromatic carbocycles. The lowest BCUT2D eigenvalue weighted by atomic mass is 10.2. The second kappa shape index (κ2) is 6.35. The Morgan fingerprint density at radius 2 is 2.25 bits per heavy atom. The van der Waals surface area contributed by atoms with E-state index in [4.69, 9.17) is 17.4 Å². The molecule has 0 aliphatic rings. The molecule has 0 unspecified atom stereocenters. The van der Waals surface area contributed by atoms with Gasteiger partial charge < -0.3 is 5.32 Å². The topological polar surface area (TPSA) is 62.4 Å². The SMILES string of the molecule is CCCN=C(NN)Nc1cc(Cl)ccc1C. The highest BCUT2D eigenvalue weighted by Crippen LogP contribution is 2.19. The van der Waals surface area contributed by atoms with Crippen molar-refractivity contribution in [1.29, 1.82) is 0 Å². The van der Waals surface area contributed by atoms with Crippen molar-refractivity contribution in [3.63, 3.8) is 0 Å². The first-order valence-electron chi connectivity index (χ1n) is 5.21. The van der Waals surface area contributed by atoms with Gasteiger partial charge in [0.1, 0.15) is 0 Å². The van der Waals surface area contributed by atoms with Gasteiger partial charge in [-0.2, -0.15) is 0 Å². The monoisotopic (exact) mass is 240 g/mol. The van der Waals surface area contributed by atoms with Crippen molar-refractivity contribution in [2.75, 3.05) is 11.9 Å². The highest BCUT2D eigenvalue weighted by atomic mass is 35.5. The van der Waals surface area contributed by atoms with Gasteiger partial charge in [-0.3, -0.25) is 10.4 Å². The quantitative estimate of drug-likeness (QED) is 0.329. The first kappa shape index (κ1) is 12.8. The van der Waals surface area contributed by atoms with Gasteiger partial charge in [0.05, 0.1) is 0 Å².